The van der Waals surface area contributed by atoms with E-state index in [1.54, 1.807) is 48.5 Å². The van der Waals surface area contributed by atoms with Gasteiger partial charge in [-0.1, -0.05) is 29.8 Å². The number of hydrogen-bond donors (Lipinski definition) is 2. The molecule has 0 saturated heterocycles. The van der Waals surface area contributed by atoms with Gasteiger partial charge in [-0.3, -0.25) is 9.59 Å². The zero-order valence-electron chi connectivity index (χ0n) is 13.7. The number of nitrogens with two attached hydrogens (primary N) is 1. The molecule has 2 aromatic rings. The molecule has 130 valence electrons. The number of primary amides is 1. The molecule has 0 radical (unpaired) electrons. The molecular weight excluding hydrogens is 340 g/mol. The molecule has 0 bridgehead atoms. The number of carbonyl (C=O) groups is 3. The summed E-state index contributed by atoms with van der Waals surface area (Å²) in [5.74, 6) is -1.37. The van der Waals surface area contributed by atoms with E-state index in [0.717, 1.165) is 5.56 Å². The van der Waals surface area contributed by atoms with Gasteiger partial charge in [0.1, 0.15) is 0 Å². The molecule has 25 heavy (non-hydrogen) atoms. The molecule has 2 aromatic carbocycles. The van der Waals surface area contributed by atoms with E-state index < -0.39 is 24.4 Å². The molecule has 2 amide bonds. The third-order valence-electron chi connectivity index (χ3n) is 3.15. The van der Waals surface area contributed by atoms with Gasteiger partial charge in [-0.05, 0) is 31.2 Å². The number of esters is 1. The van der Waals surface area contributed by atoms with Crippen LogP contribution in [0.1, 0.15) is 15.9 Å². The molecule has 0 unspecified atom stereocenters. The number of ether oxygens (including phenoxy) is 1. The fourth-order valence-electron chi connectivity index (χ4n) is 1.94. The number of nitrogens with one attached hydrogen (secondary N) is 1. The van der Waals surface area contributed by atoms with E-state index in [2.05, 4.69) is 5.32 Å². The summed E-state index contributed by atoms with van der Waals surface area (Å²) >= 11 is 1.22. The predicted molar refractivity (Wildman–Crippen MR) is 96.5 cm³/mol. The van der Waals surface area contributed by atoms with Gasteiger partial charge in [-0.15, -0.1) is 11.8 Å². The first kappa shape index (κ1) is 18.5. The normalized spacial score (nSPS) is 10.1. The Labute approximate surface area is 149 Å². The SMILES string of the molecule is Cc1ccc(C(=O)OCC(=O)Nc2ccccc2SCC(N)=O)cc1. The minimum absolute atomic E-state index is 0.106. The smallest absolute Gasteiger partial charge is 0.338 e. The predicted octanol–water partition coefficient (Wildman–Crippen LogP) is 2.37. The fraction of sp³-hybridized carbons (Fsp3) is 0.167. The maximum atomic E-state index is 12.0. The third-order valence-corrected chi connectivity index (χ3v) is 4.25. The van der Waals surface area contributed by atoms with E-state index in [9.17, 15) is 14.4 Å². The van der Waals surface area contributed by atoms with Crippen molar-refractivity contribution in [1.82, 2.24) is 0 Å². The van der Waals surface area contributed by atoms with E-state index in [1.807, 2.05) is 6.92 Å². The quantitative estimate of drug-likeness (QED) is 0.585. The largest absolute Gasteiger partial charge is 0.452 e. The van der Waals surface area contributed by atoms with Gasteiger partial charge in [0.2, 0.25) is 5.91 Å². The molecule has 3 N–H and O–H groups in total. The van der Waals surface area contributed by atoms with Gasteiger partial charge in [0.05, 0.1) is 17.0 Å². The maximum Gasteiger partial charge on any atom is 0.338 e. The fourth-order valence-corrected chi connectivity index (χ4v) is 2.68. The van der Waals surface area contributed by atoms with Gasteiger partial charge in [0, 0.05) is 4.90 Å². The van der Waals surface area contributed by atoms with Crippen LogP contribution in [-0.2, 0) is 14.3 Å². The van der Waals surface area contributed by atoms with Crippen molar-refractivity contribution in [2.75, 3.05) is 17.7 Å². The highest BCUT2D eigenvalue weighted by atomic mass is 32.2. The number of anilines is 1. The molecule has 0 aliphatic rings. The monoisotopic (exact) mass is 358 g/mol. The molecule has 0 heterocycles. The second-order valence-electron chi connectivity index (χ2n) is 5.24. The first-order valence-corrected chi connectivity index (χ1v) is 8.48. The van der Waals surface area contributed by atoms with Gasteiger partial charge < -0.3 is 15.8 Å². The maximum absolute atomic E-state index is 12.0. The summed E-state index contributed by atoms with van der Waals surface area (Å²) in [6.45, 7) is 1.51. The van der Waals surface area contributed by atoms with Crippen LogP contribution >= 0.6 is 11.8 Å². The molecule has 2 rings (SSSR count). The topological polar surface area (TPSA) is 98.5 Å². The average molecular weight is 358 g/mol. The lowest BCUT2D eigenvalue weighted by Crippen LogP contribution is -2.21. The molecule has 0 spiro atoms. The van der Waals surface area contributed by atoms with Crippen LogP contribution in [0.4, 0.5) is 5.69 Å². The number of hydrogen-bond acceptors (Lipinski definition) is 5. The van der Waals surface area contributed by atoms with E-state index in [1.165, 1.54) is 11.8 Å². The number of amides is 2. The summed E-state index contributed by atoms with van der Waals surface area (Å²) in [5, 5.41) is 2.66. The van der Waals surface area contributed by atoms with Crippen molar-refractivity contribution in [2.45, 2.75) is 11.8 Å². The van der Waals surface area contributed by atoms with Crippen molar-refractivity contribution >= 4 is 35.2 Å². The average Bonchev–Trinajstić information content (AvgIpc) is 2.59. The number of carbonyl (C=O) groups excluding carboxylic acids is 3. The van der Waals surface area contributed by atoms with Gasteiger partial charge in [0.25, 0.3) is 5.91 Å². The van der Waals surface area contributed by atoms with Crippen LogP contribution < -0.4 is 11.1 Å². The van der Waals surface area contributed by atoms with Crippen LogP contribution in [0, 0.1) is 6.92 Å². The van der Waals surface area contributed by atoms with Crippen LogP contribution in [0.2, 0.25) is 0 Å². The van der Waals surface area contributed by atoms with E-state index in [-0.39, 0.29) is 5.75 Å². The molecule has 6 nitrogen and oxygen atoms in total. The molecule has 0 fully saturated rings. The minimum Gasteiger partial charge on any atom is -0.452 e. The van der Waals surface area contributed by atoms with E-state index in [4.69, 9.17) is 10.5 Å². The minimum atomic E-state index is -0.563. The summed E-state index contributed by atoms with van der Waals surface area (Å²) < 4.78 is 5.01. The van der Waals surface area contributed by atoms with Crippen LogP contribution in [0.15, 0.2) is 53.4 Å². The Morgan fingerprint density at radius 2 is 1.76 bits per heavy atom. The summed E-state index contributed by atoms with van der Waals surface area (Å²) in [4.78, 5) is 35.5. The lowest BCUT2D eigenvalue weighted by Gasteiger charge is -2.10. The van der Waals surface area contributed by atoms with Crippen molar-refractivity contribution < 1.29 is 19.1 Å². The van der Waals surface area contributed by atoms with Crippen LogP contribution in [-0.4, -0.2) is 30.1 Å². The van der Waals surface area contributed by atoms with Crippen molar-refractivity contribution in [3.05, 3.63) is 59.7 Å². The van der Waals surface area contributed by atoms with E-state index in [0.29, 0.717) is 16.1 Å². The Morgan fingerprint density at radius 3 is 2.44 bits per heavy atom. The van der Waals surface area contributed by atoms with Crippen molar-refractivity contribution in [2.24, 2.45) is 5.73 Å². The van der Waals surface area contributed by atoms with Crippen molar-refractivity contribution in [3.8, 4) is 0 Å². The zero-order chi connectivity index (χ0) is 18.2. The lowest BCUT2D eigenvalue weighted by molar-refractivity contribution is -0.119. The molecule has 0 aliphatic heterocycles. The second-order valence-corrected chi connectivity index (χ2v) is 6.26. The molecule has 0 saturated carbocycles. The Kier molecular flexibility index (Phi) is 6.59. The Morgan fingerprint density at radius 1 is 1.08 bits per heavy atom. The van der Waals surface area contributed by atoms with Crippen LogP contribution in [0.3, 0.4) is 0 Å². The molecule has 0 aromatic heterocycles. The van der Waals surface area contributed by atoms with Gasteiger partial charge in [0.15, 0.2) is 6.61 Å². The summed E-state index contributed by atoms with van der Waals surface area (Å²) in [6, 6.07) is 13.9. The number of rotatable bonds is 7. The van der Waals surface area contributed by atoms with Gasteiger partial charge in [-0.2, -0.15) is 0 Å². The van der Waals surface area contributed by atoms with Crippen molar-refractivity contribution in [3.63, 3.8) is 0 Å². The number of thioether (sulfide) groups is 1. The first-order chi connectivity index (χ1) is 12.0. The van der Waals surface area contributed by atoms with Gasteiger partial charge in [-0.25, -0.2) is 4.79 Å². The Balaban J connectivity index is 1.91. The Hall–Kier alpha value is -2.80. The molecular formula is C18H18N2O4S. The molecule has 7 heteroatoms. The molecule has 0 aliphatic carbocycles. The van der Waals surface area contributed by atoms with E-state index >= 15 is 0 Å². The van der Waals surface area contributed by atoms with Crippen LogP contribution in [0.25, 0.3) is 0 Å². The molecule has 0 atom stereocenters. The standard InChI is InChI=1S/C18H18N2O4S/c1-12-6-8-13(9-7-12)18(23)24-10-17(22)20-14-4-2-3-5-15(14)25-11-16(19)21/h2-9H,10-11H2,1H3,(H2,19,21)(H,20,22). The highest BCUT2D eigenvalue weighted by molar-refractivity contribution is 8.00. The Bertz CT molecular complexity index is 775. The number of benzene rings is 2. The summed E-state index contributed by atoms with van der Waals surface area (Å²) in [5.41, 5.74) is 7.08. The second kappa shape index (κ2) is 8.89. The summed E-state index contributed by atoms with van der Waals surface area (Å²) in [6.07, 6.45) is 0. The number of para-hydroxylation sites is 1. The highest BCUT2D eigenvalue weighted by Crippen LogP contribution is 2.26. The third kappa shape index (κ3) is 5.96. The van der Waals surface area contributed by atoms with Crippen molar-refractivity contribution in [1.29, 1.82) is 0 Å². The zero-order valence-corrected chi connectivity index (χ0v) is 14.5. The van der Waals surface area contributed by atoms with Crippen LogP contribution in [0.5, 0.6) is 0 Å². The highest BCUT2D eigenvalue weighted by Gasteiger charge is 2.12. The first-order valence-electron chi connectivity index (χ1n) is 7.49. The lowest BCUT2D eigenvalue weighted by atomic mass is 10.1. The number of aryl methyl sites for hydroxylation is 1. The summed E-state index contributed by atoms with van der Waals surface area (Å²) in [7, 11) is 0. The van der Waals surface area contributed by atoms with Gasteiger partial charge >= 0.3 is 5.97 Å².